The van der Waals surface area contributed by atoms with Gasteiger partial charge in [-0.2, -0.15) is 0 Å². The molecule has 5 nitrogen and oxygen atoms in total. The van der Waals surface area contributed by atoms with Gasteiger partial charge in [-0.25, -0.2) is 0 Å². The van der Waals surface area contributed by atoms with Gasteiger partial charge in [0.1, 0.15) is 5.60 Å². The van der Waals surface area contributed by atoms with Gasteiger partial charge in [-0.3, -0.25) is 9.59 Å². The Hall–Kier alpha value is -1.10. The zero-order chi connectivity index (χ0) is 19.2. The maximum absolute atomic E-state index is 13.0. The lowest BCUT2D eigenvalue weighted by molar-refractivity contribution is -0.169. The minimum Gasteiger partial charge on any atom is -0.481 e. The second kappa shape index (κ2) is 7.06. The van der Waals surface area contributed by atoms with Crippen LogP contribution in [0.1, 0.15) is 78.1 Å². The fourth-order valence-electron chi connectivity index (χ4n) is 6.59. The second-order valence-corrected chi connectivity index (χ2v) is 10.4. The molecule has 2 unspecified atom stereocenters. The van der Waals surface area contributed by atoms with Crippen LogP contribution in [-0.2, 0) is 14.3 Å². The van der Waals surface area contributed by atoms with E-state index < -0.39 is 17.0 Å². The number of carboxylic acids is 1. The van der Waals surface area contributed by atoms with Gasteiger partial charge in [-0.1, -0.05) is 19.3 Å². The highest BCUT2D eigenvalue weighted by Crippen LogP contribution is 2.60. The Morgan fingerprint density at radius 3 is 2.30 bits per heavy atom. The first-order valence-corrected chi connectivity index (χ1v) is 11.0. The minimum absolute atomic E-state index is 0.0276. The van der Waals surface area contributed by atoms with Crippen LogP contribution in [0.3, 0.4) is 0 Å². The lowest BCUT2D eigenvalue weighted by Gasteiger charge is -2.58. The van der Waals surface area contributed by atoms with E-state index in [4.69, 9.17) is 4.74 Å². The van der Waals surface area contributed by atoms with Crippen molar-refractivity contribution < 1.29 is 19.4 Å². The molecule has 4 bridgehead atoms. The molecule has 5 fully saturated rings. The van der Waals surface area contributed by atoms with Gasteiger partial charge < -0.3 is 15.2 Å². The molecule has 0 radical (unpaired) electrons. The van der Waals surface area contributed by atoms with Crippen LogP contribution in [0.25, 0.3) is 0 Å². The molecule has 2 atom stereocenters. The number of amides is 1. The van der Waals surface area contributed by atoms with E-state index in [1.807, 2.05) is 13.8 Å². The summed E-state index contributed by atoms with van der Waals surface area (Å²) in [6, 6.07) is 0.124. The molecule has 0 saturated heterocycles. The normalized spacial score (nSPS) is 38.7. The van der Waals surface area contributed by atoms with Gasteiger partial charge >= 0.3 is 5.97 Å². The van der Waals surface area contributed by atoms with E-state index in [2.05, 4.69) is 5.32 Å². The summed E-state index contributed by atoms with van der Waals surface area (Å²) in [5.74, 6) is 1.09. The van der Waals surface area contributed by atoms with Crippen molar-refractivity contribution in [3.8, 4) is 0 Å². The summed E-state index contributed by atoms with van der Waals surface area (Å²) in [5.41, 5.74) is -1.35. The maximum atomic E-state index is 13.0. The molecular weight excluding hydrogens is 342 g/mol. The highest BCUT2D eigenvalue weighted by molar-refractivity contribution is 5.84. The number of rotatable bonds is 6. The van der Waals surface area contributed by atoms with E-state index in [0.29, 0.717) is 30.3 Å². The minimum atomic E-state index is -0.823. The number of hydrogen-bond donors (Lipinski definition) is 2. The second-order valence-electron chi connectivity index (χ2n) is 10.4. The monoisotopic (exact) mass is 377 g/mol. The van der Waals surface area contributed by atoms with Crippen molar-refractivity contribution in [2.75, 3.05) is 6.61 Å². The van der Waals surface area contributed by atoms with E-state index in [0.717, 1.165) is 32.1 Å². The zero-order valence-electron chi connectivity index (χ0n) is 16.8. The number of carbonyl (C=O) groups excluding carboxylic acids is 1. The highest BCUT2D eigenvalue weighted by atomic mass is 16.5. The molecule has 0 heterocycles. The summed E-state index contributed by atoms with van der Waals surface area (Å²) in [4.78, 5) is 24.9. The molecule has 27 heavy (non-hydrogen) atoms. The topological polar surface area (TPSA) is 75.6 Å². The fraction of sp³-hybridized carbons (Fsp3) is 0.909. The van der Waals surface area contributed by atoms with Gasteiger partial charge in [0.15, 0.2) is 0 Å². The summed E-state index contributed by atoms with van der Waals surface area (Å²) in [5, 5.41) is 13.1. The molecule has 5 aliphatic rings. The lowest BCUT2D eigenvalue weighted by atomic mass is 9.48. The number of carboxylic acid groups (broad SMARTS) is 1. The Balaban J connectivity index is 1.36. The van der Waals surface area contributed by atoms with Gasteiger partial charge in [0, 0.05) is 6.04 Å². The van der Waals surface area contributed by atoms with Crippen molar-refractivity contribution in [3.63, 3.8) is 0 Å². The molecular formula is C22H35NO4. The van der Waals surface area contributed by atoms with E-state index in [1.54, 1.807) is 0 Å². The standard InChI is InChI=1S/C22H35NO4/c1-21(2,27-13-14-6-4-3-5-7-14)19(24)23-18-16-8-15-9-17(18)12-22(10-15,11-16)20(25)26/h14-18H,3-13H2,1-2H3,(H,23,24)(H,25,26). The van der Waals surface area contributed by atoms with Crippen molar-refractivity contribution in [1.29, 1.82) is 0 Å². The lowest BCUT2D eigenvalue weighted by Crippen LogP contribution is -2.63. The molecule has 5 saturated carbocycles. The zero-order valence-corrected chi connectivity index (χ0v) is 16.8. The summed E-state index contributed by atoms with van der Waals surface area (Å²) < 4.78 is 6.08. The van der Waals surface area contributed by atoms with Gasteiger partial charge in [-0.05, 0) is 82.5 Å². The first-order chi connectivity index (χ1) is 12.8. The molecule has 2 N–H and O–H groups in total. The Morgan fingerprint density at radius 2 is 1.70 bits per heavy atom. The van der Waals surface area contributed by atoms with Crippen LogP contribution in [0.2, 0.25) is 0 Å². The molecule has 5 rings (SSSR count). The first kappa shape index (κ1) is 19.2. The van der Waals surface area contributed by atoms with Gasteiger partial charge in [0.2, 0.25) is 0 Å². The summed E-state index contributed by atoms with van der Waals surface area (Å²) >= 11 is 0. The SMILES string of the molecule is CC(C)(OCC1CCCCC1)C(=O)NC1C2CC3CC1CC(C(=O)O)(C3)C2. The van der Waals surface area contributed by atoms with Crippen LogP contribution in [0, 0.1) is 29.1 Å². The number of carbonyl (C=O) groups is 2. The maximum Gasteiger partial charge on any atom is 0.309 e. The van der Waals surface area contributed by atoms with Crippen molar-refractivity contribution >= 4 is 11.9 Å². The smallest absolute Gasteiger partial charge is 0.309 e. The molecule has 5 heteroatoms. The summed E-state index contributed by atoms with van der Waals surface area (Å²) in [6.07, 6.45) is 10.7. The number of hydrogen-bond acceptors (Lipinski definition) is 3. The predicted molar refractivity (Wildman–Crippen MR) is 102 cm³/mol. The van der Waals surface area contributed by atoms with Gasteiger partial charge in [-0.15, -0.1) is 0 Å². The third-order valence-electron chi connectivity index (χ3n) is 7.98. The van der Waals surface area contributed by atoms with Crippen LogP contribution >= 0.6 is 0 Å². The van der Waals surface area contributed by atoms with E-state index in [-0.39, 0.29) is 11.9 Å². The predicted octanol–water partition coefficient (Wildman–Crippen LogP) is 3.76. The highest BCUT2D eigenvalue weighted by Gasteiger charge is 2.59. The third-order valence-corrected chi connectivity index (χ3v) is 7.98. The van der Waals surface area contributed by atoms with E-state index >= 15 is 0 Å². The molecule has 152 valence electrons. The molecule has 0 aromatic rings. The molecule has 0 aliphatic heterocycles. The number of aliphatic carboxylic acids is 1. The van der Waals surface area contributed by atoms with Crippen LogP contribution in [0.4, 0.5) is 0 Å². The molecule has 0 aromatic carbocycles. The Kier molecular flexibility index (Phi) is 5.02. The largest absolute Gasteiger partial charge is 0.481 e. The van der Waals surface area contributed by atoms with Crippen molar-refractivity contribution in [1.82, 2.24) is 5.32 Å². The molecule has 0 spiro atoms. The summed E-state index contributed by atoms with van der Waals surface area (Å²) in [7, 11) is 0. The van der Waals surface area contributed by atoms with Crippen LogP contribution < -0.4 is 5.32 Å². The molecule has 5 aliphatic carbocycles. The Morgan fingerprint density at radius 1 is 1.07 bits per heavy atom. The number of ether oxygens (including phenoxy) is 1. The van der Waals surface area contributed by atoms with E-state index in [9.17, 15) is 14.7 Å². The van der Waals surface area contributed by atoms with Crippen molar-refractivity contribution in [3.05, 3.63) is 0 Å². The van der Waals surface area contributed by atoms with Crippen molar-refractivity contribution in [2.45, 2.75) is 89.7 Å². The molecule has 1 amide bonds. The third kappa shape index (κ3) is 3.64. The first-order valence-electron chi connectivity index (χ1n) is 11.0. The van der Waals surface area contributed by atoms with Gasteiger partial charge in [0.05, 0.1) is 12.0 Å². The quantitative estimate of drug-likeness (QED) is 0.739. The molecule has 0 aromatic heterocycles. The van der Waals surface area contributed by atoms with Crippen LogP contribution in [0.15, 0.2) is 0 Å². The van der Waals surface area contributed by atoms with Crippen LogP contribution in [0.5, 0.6) is 0 Å². The Bertz CT molecular complexity index is 579. The average molecular weight is 378 g/mol. The van der Waals surface area contributed by atoms with E-state index in [1.165, 1.54) is 32.1 Å². The Labute approximate surface area is 162 Å². The van der Waals surface area contributed by atoms with Gasteiger partial charge in [0.25, 0.3) is 5.91 Å². The van der Waals surface area contributed by atoms with Crippen LogP contribution in [-0.4, -0.2) is 35.2 Å². The fourth-order valence-corrected chi connectivity index (χ4v) is 6.59. The average Bonchev–Trinajstić information content (AvgIpc) is 2.63. The number of nitrogens with one attached hydrogen (secondary N) is 1. The summed E-state index contributed by atoms with van der Waals surface area (Å²) in [6.45, 7) is 4.42. The van der Waals surface area contributed by atoms with Crippen molar-refractivity contribution in [2.24, 2.45) is 29.1 Å².